The molecule has 5 rings (SSSR count). The highest BCUT2D eigenvalue weighted by molar-refractivity contribution is 8.00. The topological polar surface area (TPSA) is 76.1 Å². The molecule has 2 heterocycles. The number of Topliss-reactive ketones (excluding diaryl/α,β-unsaturated/α-hetero) is 1. The molecule has 1 saturated heterocycles. The highest BCUT2D eigenvalue weighted by Gasteiger charge is 2.61. The Morgan fingerprint density at radius 2 is 1.94 bits per heavy atom. The summed E-state index contributed by atoms with van der Waals surface area (Å²) in [6.07, 6.45) is 3.76. The van der Waals surface area contributed by atoms with Crippen LogP contribution in [0.5, 0.6) is 0 Å². The summed E-state index contributed by atoms with van der Waals surface area (Å²) in [5.74, 6) is 0.600. The Morgan fingerprint density at radius 1 is 1.19 bits per heavy atom. The summed E-state index contributed by atoms with van der Waals surface area (Å²) >= 11 is 1.37. The number of rotatable bonds is 5. The minimum atomic E-state index is -0.321. The summed E-state index contributed by atoms with van der Waals surface area (Å²) in [5.41, 5.74) is 3.78. The Labute approximate surface area is 187 Å². The summed E-state index contributed by atoms with van der Waals surface area (Å²) in [6, 6.07) is 7.34. The lowest BCUT2D eigenvalue weighted by Crippen LogP contribution is -2.32. The van der Waals surface area contributed by atoms with Crippen molar-refractivity contribution in [1.29, 1.82) is 0 Å². The molecule has 3 atom stereocenters. The maximum Gasteiger partial charge on any atom is 0.227 e. The highest BCUT2D eigenvalue weighted by atomic mass is 32.2. The first kappa shape index (κ1) is 20.6. The van der Waals surface area contributed by atoms with Crippen molar-refractivity contribution in [1.82, 2.24) is 15.2 Å². The van der Waals surface area contributed by atoms with Gasteiger partial charge in [0.15, 0.2) is 5.78 Å². The molecule has 1 aliphatic heterocycles. The van der Waals surface area contributed by atoms with E-state index in [-0.39, 0.29) is 27.8 Å². The van der Waals surface area contributed by atoms with Crippen molar-refractivity contribution < 1.29 is 9.59 Å². The smallest absolute Gasteiger partial charge is 0.227 e. The predicted octanol–water partition coefficient (Wildman–Crippen LogP) is 4.54. The van der Waals surface area contributed by atoms with Crippen LogP contribution in [0.2, 0.25) is 0 Å². The Bertz CT molecular complexity index is 1070. The fraction of sp³-hybridized carbons (Fsp3) is 0.542. The van der Waals surface area contributed by atoms with Gasteiger partial charge in [0, 0.05) is 35.5 Å². The number of thioether (sulfide) groups is 1. The van der Waals surface area contributed by atoms with E-state index in [1.165, 1.54) is 11.8 Å². The Morgan fingerprint density at radius 3 is 2.61 bits per heavy atom. The van der Waals surface area contributed by atoms with E-state index in [1.54, 1.807) is 4.90 Å². The fourth-order valence-corrected chi connectivity index (χ4v) is 6.38. The molecule has 1 saturated carbocycles. The van der Waals surface area contributed by atoms with Crippen LogP contribution in [-0.4, -0.2) is 38.7 Å². The molecule has 1 amide bonds. The Balaban J connectivity index is 1.32. The van der Waals surface area contributed by atoms with Gasteiger partial charge in [0.05, 0.1) is 16.6 Å². The molecule has 162 valence electrons. The molecule has 31 heavy (non-hydrogen) atoms. The van der Waals surface area contributed by atoms with Crippen LogP contribution in [0.25, 0.3) is 0 Å². The quantitative estimate of drug-likeness (QED) is 0.506. The summed E-state index contributed by atoms with van der Waals surface area (Å²) in [4.78, 5) is 31.6. The van der Waals surface area contributed by atoms with Gasteiger partial charge in [-0.25, -0.2) is 4.98 Å². The second-order valence-electron chi connectivity index (χ2n) is 9.79. The average Bonchev–Trinajstić information content (AvgIpc) is 3.33. The lowest BCUT2D eigenvalue weighted by atomic mass is 9.70. The van der Waals surface area contributed by atoms with Crippen molar-refractivity contribution in [2.75, 3.05) is 11.4 Å². The molecule has 2 bridgehead atoms. The van der Waals surface area contributed by atoms with Crippen molar-refractivity contribution in [2.24, 2.45) is 5.41 Å². The standard InChI is InChI=1S/C24H28N4O2S/c1-14(20(30)15-7-9-16(10-8-15)28-13-5-6-18(28)29)31-22-25-21-19(26-27-22)17-11-12-24(21,4)23(17,2)3/h7-10,14,17H,5-6,11-13H2,1-4H3. The van der Waals surface area contributed by atoms with Gasteiger partial charge < -0.3 is 4.90 Å². The molecular formula is C24H28N4O2S. The predicted molar refractivity (Wildman–Crippen MR) is 121 cm³/mol. The number of amides is 1. The van der Waals surface area contributed by atoms with Gasteiger partial charge in [0.2, 0.25) is 11.1 Å². The van der Waals surface area contributed by atoms with Gasteiger partial charge in [0.1, 0.15) is 0 Å². The maximum atomic E-state index is 13.0. The van der Waals surface area contributed by atoms with Gasteiger partial charge in [-0.2, -0.15) is 5.10 Å². The highest BCUT2D eigenvalue weighted by Crippen LogP contribution is 2.66. The van der Waals surface area contributed by atoms with E-state index in [9.17, 15) is 9.59 Å². The van der Waals surface area contributed by atoms with Crippen molar-refractivity contribution >= 4 is 29.1 Å². The van der Waals surface area contributed by atoms with Gasteiger partial charge in [-0.1, -0.05) is 32.5 Å². The third kappa shape index (κ3) is 3.04. The van der Waals surface area contributed by atoms with E-state index in [4.69, 9.17) is 4.98 Å². The first-order chi connectivity index (χ1) is 14.7. The van der Waals surface area contributed by atoms with Crippen LogP contribution in [-0.2, 0) is 10.2 Å². The van der Waals surface area contributed by atoms with Gasteiger partial charge in [-0.05, 0) is 55.9 Å². The largest absolute Gasteiger partial charge is 0.312 e. The molecule has 1 aromatic carbocycles. The molecule has 0 spiro atoms. The molecule has 2 aromatic rings. The summed E-state index contributed by atoms with van der Waals surface area (Å²) < 4.78 is 0. The maximum absolute atomic E-state index is 13.0. The number of hydrogen-bond acceptors (Lipinski definition) is 6. The van der Waals surface area contributed by atoms with Crippen molar-refractivity contribution in [2.45, 2.75) is 75.1 Å². The SMILES string of the molecule is CC(Sc1nnc2c(n1)C1(C)CCC2C1(C)C)C(=O)c1ccc(N2CCCC2=O)cc1. The molecule has 3 aliphatic rings. The normalized spacial score (nSPS) is 26.9. The Hall–Kier alpha value is -2.28. The Kier molecular flexibility index (Phi) is 4.73. The van der Waals surface area contributed by atoms with Crippen LogP contribution in [0, 0.1) is 5.41 Å². The van der Waals surface area contributed by atoms with Crippen LogP contribution < -0.4 is 4.90 Å². The summed E-state index contributed by atoms with van der Waals surface area (Å²) in [6.45, 7) is 9.55. The van der Waals surface area contributed by atoms with Crippen LogP contribution in [0.15, 0.2) is 29.4 Å². The van der Waals surface area contributed by atoms with E-state index < -0.39 is 0 Å². The van der Waals surface area contributed by atoms with E-state index in [0.717, 1.165) is 42.9 Å². The molecule has 0 N–H and O–H groups in total. The number of carbonyl (C=O) groups excluding carboxylic acids is 2. The first-order valence-corrected chi connectivity index (χ1v) is 12.0. The number of hydrogen-bond donors (Lipinski definition) is 0. The lowest BCUT2D eigenvalue weighted by Gasteiger charge is -2.34. The van der Waals surface area contributed by atoms with Crippen molar-refractivity contribution in [3.8, 4) is 0 Å². The third-order valence-corrected chi connectivity index (χ3v) is 8.91. The average molecular weight is 437 g/mol. The lowest BCUT2D eigenvalue weighted by molar-refractivity contribution is -0.117. The number of aromatic nitrogens is 3. The number of carbonyl (C=O) groups is 2. The molecule has 0 radical (unpaired) electrons. The third-order valence-electron chi connectivity index (χ3n) is 7.96. The second kappa shape index (κ2) is 7.12. The van der Waals surface area contributed by atoms with E-state index in [0.29, 0.717) is 23.1 Å². The molecule has 2 fully saturated rings. The van der Waals surface area contributed by atoms with Crippen molar-refractivity contribution in [3.63, 3.8) is 0 Å². The molecule has 2 aliphatic carbocycles. The van der Waals surface area contributed by atoms with Gasteiger partial charge >= 0.3 is 0 Å². The molecular weight excluding hydrogens is 408 g/mol. The van der Waals surface area contributed by atoms with Gasteiger partial charge in [-0.15, -0.1) is 5.10 Å². The van der Waals surface area contributed by atoms with E-state index >= 15 is 0 Å². The van der Waals surface area contributed by atoms with E-state index in [1.807, 2.05) is 31.2 Å². The van der Waals surface area contributed by atoms with Crippen LogP contribution in [0.1, 0.15) is 81.0 Å². The van der Waals surface area contributed by atoms with Crippen LogP contribution in [0.3, 0.4) is 0 Å². The first-order valence-electron chi connectivity index (χ1n) is 11.1. The van der Waals surface area contributed by atoms with Gasteiger partial charge in [0.25, 0.3) is 0 Å². The summed E-state index contributed by atoms with van der Waals surface area (Å²) in [5, 5.41) is 9.16. The monoisotopic (exact) mass is 436 g/mol. The molecule has 7 heteroatoms. The second-order valence-corrected chi connectivity index (χ2v) is 11.1. The van der Waals surface area contributed by atoms with Gasteiger partial charge in [-0.3, -0.25) is 9.59 Å². The minimum absolute atomic E-state index is 0.0222. The van der Waals surface area contributed by atoms with Crippen LogP contribution >= 0.6 is 11.8 Å². The number of anilines is 1. The van der Waals surface area contributed by atoms with Crippen LogP contribution in [0.4, 0.5) is 5.69 Å². The minimum Gasteiger partial charge on any atom is -0.312 e. The molecule has 3 unspecified atom stereocenters. The summed E-state index contributed by atoms with van der Waals surface area (Å²) in [7, 11) is 0. The number of ketones is 1. The number of nitrogens with zero attached hydrogens (tertiary/aromatic N) is 4. The zero-order valence-electron chi connectivity index (χ0n) is 18.5. The number of benzene rings is 1. The zero-order valence-corrected chi connectivity index (χ0v) is 19.3. The molecule has 6 nitrogen and oxygen atoms in total. The molecule has 1 aromatic heterocycles. The van der Waals surface area contributed by atoms with E-state index in [2.05, 4.69) is 31.0 Å². The number of fused-ring (bicyclic) bond motifs is 5. The zero-order chi connectivity index (χ0) is 22.0. The fourth-order valence-electron chi connectivity index (χ4n) is 5.59. The van der Waals surface area contributed by atoms with Crippen molar-refractivity contribution in [3.05, 3.63) is 41.2 Å².